The van der Waals surface area contributed by atoms with Crippen molar-refractivity contribution in [2.24, 2.45) is 5.41 Å². The van der Waals surface area contributed by atoms with Gasteiger partial charge in [-0.2, -0.15) is 0 Å². The van der Waals surface area contributed by atoms with Gasteiger partial charge in [-0.05, 0) is 37.1 Å². The highest BCUT2D eigenvalue weighted by Gasteiger charge is 2.56. The summed E-state index contributed by atoms with van der Waals surface area (Å²) in [6, 6.07) is 12.0. The minimum absolute atomic E-state index is 0.244. The van der Waals surface area contributed by atoms with Gasteiger partial charge in [-0.1, -0.05) is 18.2 Å². The molecule has 3 rings (SSSR count). The van der Waals surface area contributed by atoms with E-state index in [0.717, 1.165) is 0 Å². The summed E-state index contributed by atoms with van der Waals surface area (Å²) in [5, 5.41) is 5.45. The number of carbonyl (C=O) groups is 3. The van der Waals surface area contributed by atoms with E-state index in [-0.39, 0.29) is 18.0 Å². The molecule has 1 aromatic carbocycles. The average Bonchev–Trinajstić information content (AvgIpc) is 3.49. The highest BCUT2D eigenvalue weighted by Crippen LogP contribution is 2.47. The lowest BCUT2D eigenvalue weighted by Gasteiger charge is -2.16. The molecule has 0 radical (unpaired) electrons. The predicted octanol–water partition coefficient (Wildman–Crippen LogP) is 1.90. The quantitative estimate of drug-likeness (QED) is 0.611. The molecule has 1 heterocycles. The van der Waals surface area contributed by atoms with Gasteiger partial charge in [0.1, 0.15) is 5.41 Å². The first-order chi connectivity index (χ1) is 12.6. The monoisotopic (exact) mass is 353 g/mol. The van der Waals surface area contributed by atoms with Crippen molar-refractivity contribution >= 4 is 23.5 Å². The summed E-state index contributed by atoms with van der Waals surface area (Å²) in [6.45, 7) is 0.257. The zero-order chi connectivity index (χ0) is 18.6. The maximum absolute atomic E-state index is 12.7. The second-order valence-corrected chi connectivity index (χ2v) is 6.08. The number of methoxy groups -OCH3 is 1. The van der Waals surface area contributed by atoms with Gasteiger partial charge in [0.25, 0.3) is 0 Å². The molecule has 0 aliphatic heterocycles. The second-order valence-electron chi connectivity index (χ2n) is 6.08. The number of amides is 2. The second kappa shape index (κ2) is 7.35. The molecule has 2 aromatic rings. The molecule has 2 amide bonds. The van der Waals surface area contributed by atoms with Gasteiger partial charge in [0, 0.05) is 6.20 Å². The van der Waals surface area contributed by atoms with Crippen LogP contribution in [0.4, 0.5) is 5.69 Å². The lowest BCUT2D eigenvalue weighted by molar-refractivity contribution is -0.134. The Hall–Kier alpha value is -3.22. The van der Waals surface area contributed by atoms with E-state index in [0.29, 0.717) is 24.2 Å². The van der Waals surface area contributed by atoms with Crippen LogP contribution in [0.5, 0.6) is 0 Å². The Bertz CT molecular complexity index is 832. The van der Waals surface area contributed by atoms with E-state index in [1.807, 2.05) is 6.07 Å². The standard InChI is InChI=1S/C19H19N3O4/c1-26-16(23)14-7-2-3-8-15(14)22-18(25)19(9-10-19)17(24)21-12-13-6-4-5-11-20-13/h2-8,11H,9-10,12H2,1H3,(H,21,24)(H,22,25). The Morgan fingerprint density at radius 2 is 1.81 bits per heavy atom. The van der Waals surface area contributed by atoms with Gasteiger partial charge in [-0.3, -0.25) is 14.6 Å². The van der Waals surface area contributed by atoms with Crippen LogP contribution >= 0.6 is 0 Å². The SMILES string of the molecule is COC(=O)c1ccccc1NC(=O)C1(C(=O)NCc2ccccn2)CC1. The molecule has 7 nitrogen and oxygen atoms in total. The van der Waals surface area contributed by atoms with Crippen LogP contribution in [0.3, 0.4) is 0 Å². The Labute approximate surface area is 150 Å². The summed E-state index contributed by atoms with van der Waals surface area (Å²) >= 11 is 0. The lowest BCUT2D eigenvalue weighted by atomic mass is 10.0. The summed E-state index contributed by atoms with van der Waals surface area (Å²) in [7, 11) is 1.27. The van der Waals surface area contributed by atoms with Crippen LogP contribution in [0.2, 0.25) is 0 Å². The fraction of sp³-hybridized carbons (Fsp3) is 0.263. The first kappa shape index (κ1) is 17.6. The molecule has 7 heteroatoms. The van der Waals surface area contributed by atoms with Crippen molar-refractivity contribution in [1.82, 2.24) is 10.3 Å². The zero-order valence-electron chi connectivity index (χ0n) is 14.3. The van der Waals surface area contributed by atoms with Crippen molar-refractivity contribution in [1.29, 1.82) is 0 Å². The highest BCUT2D eigenvalue weighted by molar-refractivity contribution is 6.14. The molecule has 0 bridgehead atoms. The molecule has 134 valence electrons. The van der Waals surface area contributed by atoms with E-state index < -0.39 is 17.3 Å². The van der Waals surface area contributed by atoms with E-state index in [1.54, 1.807) is 42.6 Å². The molecule has 0 atom stereocenters. The molecule has 1 aromatic heterocycles. The van der Waals surface area contributed by atoms with E-state index in [4.69, 9.17) is 4.74 Å². The highest BCUT2D eigenvalue weighted by atomic mass is 16.5. The van der Waals surface area contributed by atoms with Crippen molar-refractivity contribution in [2.75, 3.05) is 12.4 Å². The number of esters is 1. The molecule has 1 fully saturated rings. The summed E-state index contributed by atoms with van der Waals surface area (Å²) in [5.41, 5.74) is 0.187. The Balaban J connectivity index is 1.68. The largest absolute Gasteiger partial charge is 0.465 e. The first-order valence-electron chi connectivity index (χ1n) is 8.24. The van der Waals surface area contributed by atoms with Crippen LogP contribution in [-0.2, 0) is 20.9 Å². The summed E-state index contributed by atoms with van der Waals surface area (Å²) in [4.78, 5) is 41.1. The first-order valence-corrected chi connectivity index (χ1v) is 8.24. The van der Waals surface area contributed by atoms with Crippen LogP contribution in [0.25, 0.3) is 0 Å². The van der Waals surface area contributed by atoms with Gasteiger partial charge in [-0.25, -0.2) is 4.79 Å². The van der Waals surface area contributed by atoms with Crippen molar-refractivity contribution in [2.45, 2.75) is 19.4 Å². The van der Waals surface area contributed by atoms with Crippen molar-refractivity contribution in [3.63, 3.8) is 0 Å². The van der Waals surface area contributed by atoms with Gasteiger partial charge in [0.2, 0.25) is 11.8 Å². The van der Waals surface area contributed by atoms with Crippen molar-refractivity contribution in [3.8, 4) is 0 Å². The number of nitrogens with one attached hydrogen (secondary N) is 2. The third-order valence-corrected chi connectivity index (χ3v) is 4.36. The molecular weight excluding hydrogens is 334 g/mol. The Morgan fingerprint density at radius 3 is 2.46 bits per heavy atom. The molecule has 0 unspecified atom stereocenters. The average molecular weight is 353 g/mol. The van der Waals surface area contributed by atoms with Crippen LogP contribution < -0.4 is 10.6 Å². The summed E-state index contributed by atoms with van der Waals surface area (Å²) in [6.07, 6.45) is 2.57. The smallest absolute Gasteiger partial charge is 0.339 e. The van der Waals surface area contributed by atoms with Crippen molar-refractivity contribution < 1.29 is 19.1 Å². The minimum Gasteiger partial charge on any atom is -0.465 e. The number of rotatable bonds is 6. The van der Waals surface area contributed by atoms with E-state index in [2.05, 4.69) is 15.6 Å². The zero-order valence-corrected chi connectivity index (χ0v) is 14.3. The number of benzene rings is 1. The number of para-hydroxylation sites is 1. The lowest BCUT2D eigenvalue weighted by Crippen LogP contribution is -2.40. The normalized spacial score (nSPS) is 14.2. The van der Waals surface area contributed by atoms with Crippen LogP contribution in [-0.4, -0.2) is 29.9 Å². The van der Waals surface area contributed by atoms with Gasteiger partial charge >= 0.3 is 5.97 Å². The molecule has 0 spiro atoms. The Morgan fingerprint density at radius 1 is 1.08 bits per heavy atom. The fourth-order valence-electron chi connectivity index (χ4n) is 2.65. The fourth-order valence-corrected chi connectivity index (χ4v) is 2.65. The van der Waals surface area contributed by atoms with E-state index in [9.17, 15) is 14.4 Å². The van der Waals surface area contributed by atoms with Crippen LogP contribution in [0.15, 0.2) is 48.7 Å². The molecule has 2 N–H and O–H groups in total. The number of nitrogens with zero attached hydrogens (tertiary/aromatic N) is 1. The molecule has 1 saturated carbocycles. The molecule has 1 aliphatic rings. The maximum atomic E-state index is 12.7. The topological polar surface area (TPSA) is 97.4 Å². The number of hydrogen-bond acceptors (Lipinski definition) is 5. The maximum Gasteiger partial charge on any atom is 0.339 e. The summed E-state index contributed by atoms with van der Waals surface area (Å²) < 4.78 is 4.72. The predicted molar refractivity (Wildman–Crippen MR) is 94.2 cm³/mol. The van der Waals surface area contributed by atoms with Gasteiger partial charge in [0.15, 0.2) is 0 Å². The van der Waals surface area contributed by atoms with E-state index >= 15 is 0 Å². The van der Waals surface area contributed by atoms with E-state index in [1.165, 1.54) is 7.11 Å². The number of aromatic nitrogens is 1. The number of anilines is 1. The summed E-state index contributed by atoms with van der Waals surface area (Å²) in [5.74, 6) is -1.31. The third-order valence-electron chi connectivity index (χ3n) is 4.36. The molecule has 1 aliphatic carbocycles. The minimum atomic E-state index is -1.10. The van der Waals surface area contributed by atoms with Crippen LogP contribution in [0.1, 0.15) is 28.9 Å². The van der Waals surface area contributed by atoms with Gasteiger partial charge < -0.3 is 15.4 Å². The van der Waals surface area contributed by atoms with Crippen LogP contribution in [0, 0.1) is 5.41 Å². The third kappa shape index (κ3) is 3.56. The van der Waals surface area contributed by atoms with Gasteiger partial charge in [0.05, 0.1) is 30.6 Å². The Kier molecular flexibility index (Phi) is 4.97. The van der Waals surface area contributed by atoms with Gasteiger partial charge in [-0.15, -0.1) is 0 Å². The number of pyridine rings is 1. The number of hydrogen-bond donors (Lipinski definition) is 2. The number of ether oxygens (including phenoxy) is 1. The molecular formula is C19H19N3O4. The molecule has 0 saturated heterocycles. The number of carbonyl (C=O) groups excluding carboxylic acids is 3. The molecule has 26 heavy (non-hydrogen) atoms. The van der Waals surface area contributed by atoms with Crippen molar-refractivity contribution in [3.05, 3.63) is 59.9 Å².